The zero-order valence-corrected chi connectivity index (χ0v) is 8.66. The third kappa shape index (κ3) is 2.28. The molecule has 1 aromatic rings. The van der Waals surface area contributed by atoms with Crippen molar-refractivity contribution in [3.63, 3.8) is 0 Å². The van der Waals surface area contributed by atoms with E-state index in [4.69, 9.17) is 0 Å². The number of hydrogen-bond donors (Lipinski definition) is 0. The van der Waals surface area contributed by atoms with E-state index < -0.39 is 0 Å². The van der Waals surface area contributed by atoms with Crippen LogP contribution in [0.25, 0.3) is 0 Å². The molecule has 0 aromatic heterocycles. The second-order valence-corrected chi connectivity index (χ2v) is 3.47. The van der Waals surface area contributed by atoms with Crippen LogP contribution in [-0.2, 0) is 0 Å². The van der Waals surface area contributed by atoms with Gasteiger partial charge in [-0.25, -0.2) is 0 Å². The van der Waals surface area contributed by atoms with Crippen LogP contribution in [0.4, 0.5) is 0 Å². The van der Waals surface area contributed by atoms with Gasteiger partial charge in [-0.2, -0.15) is 0 Å². The summed E-state index contributed by atoms with van der Waals surface area (Å²) in [7, 11) is 4.08. The first-order valence-corrected chi connectivity index (χ1v) is 4.44. The molecule has 0 amide bonds. The second kappa shape index (κ2) is 3.84. The van der Waals surface area contributed by atoms with E-state index >= 15 is 0 Å². The first kappa shape index (κ1) is 8.70. The van der Waals surface area contributed by atoms with Crippen LogP contribution >= 0.6 is 0 Å². The summed E-state index contributed by atoms with van der Waals surface area (Å²) in [6.45, 7) is 0. The molecule has 1 nitrogen and oxygen atoms in total. The summed E-state index contributed by atoms with van der Waals surface area (Å²) in [5.74, 6) is 0. The zero-order chi connectivity index (χ0) is 8.27. The maximum absolute atomic E-state index is 2.58. The molecule has 0 heterocycles. The van der Waals surface area contributed by atoms with E-state index in [1.54, 1.807) is 0 Å². The Morgan fingerprint density at radius 3 is 2.18 bits per heavy atom. The SMILES string of the molecule is CN(C)C(=[As])c1ccccc1. The van der Waals surface area contributed by atoms with Crippen molar-refractivity contribution in [3.8, 4) is 0 Å². The van der Waals surface area contributed by atoms with E-state index in [0.29, 0.717) is 0 Å². The molecule has 0 atom stereocenters. The molecule has 1 radical (unpaired) electrons. The van der Waals surface area contributed by atoms with Gasteiger partial charge in [0.05, 0.1) is 0 Å². The molecule has 0 saturated heterocycles. The molecule has 0 aliphatic carbocycles. The Morgan fingerprint density at radius 1 is 1.18 bits per heavy atom. The Labute approximate surface area is 76.1 Å². The van der Waals surface area contributed by atoms with Gasteiger partial charge in [0.1, 0.15) is 0 Å². The molecule has 1 rings (SSSR count). The maximum atomic E-state index is 2.58. The second-order valence-electron chi connectivity index (χ2n) is 2.58. The topological polar surface area (TPSA) is 3.24 Å². The summed E-state index contributed by atoms with van der Waals surface area (Å²) in [6, 6.07) is 10.3. The first-order chi connectivity index (χ1) is 5.22. The minimum absolute atomic E-state index is 1.23. The van der Waals surface area contributed by atoms with Gasteiger partial charge in [-0.05, 0) is 0 Å². The Balaban J connectivity index is 2.86. The Bertz CT molecular complexity index is 241. The Morgan fingerprint density at radius 2 is 1.73 bits per heavy atom. The molecule has 1 aromatic carbocycles. The van der Waals surface area contributed by atoms with Crippen LogP contribution < -0.4 is 0 Å². The van der Waals surface area contributed by atoms with Crippen molar-refractivity contribution in [2.45, 2.75) is 0 Å². The van der Waals surface area contributed by atoms with Crippen molar-refractivity contribution in [1.82, 2.24) is 4.90 Å². The van der Waals surface area contributed by atoms with Crippen molar-refractivity contribution in [2.75, 3.05) is 14.1 Å². The standard InChI is InChI=1S/C9H11AsN/c1-11(2)9(10)8-6-4-3-5-7-8/h3-7H,1-2H3. The summed E-state index contributed by atoms with van der Waals surface area (Å²) in [6.07, 6.45) is 0. The van der Waals surface area contributed by atoms with Crippen LogP contribution in [0, 0.1) is 0 Å². The molecule has 0 aliphatic heterocycles. The van der Waals surface area contributed by atoms with E-state index in [0.717, 1.165) is 0 Å². The van der Waals surface area contributed by atoms with Gasteiger partial charge in [-0.1, -0.05) is 0 Å². The van der Waals surface area contributed by atoms with E-state index in [1.807, 2.05) is 32.3 Å². The summed E-state index contributed by atoms with van der Waals surface area (Å²) < 4.78 is 1.23. The van der Waals surface area contributed by atoms with E-state index in [9.17, 15) is 0 Å². The van der Waals surface area contributed by atoms with Crippen molar-refractivity contribution in [1.29, 1.82) is 0 Å². The fourth-order valence-corrected chi connectivity index (χ4v) is 1.16. The van der Waals surface area contributed by atoms with Gasteiger partial charge in [-0.3, -0.25) is 0 Å². The average molecular weight is 208 g/mol. The summed E-state index contributed by atoms with van der Waals surface area (Å²) in [5, 5.41) is 0. The van der Waals surface area contributed by atoms with Crippen LogP contribution in [0.5, 0.6) is 0 Å². The Hall–Kier alpha value is -0.392. The zero-order valence-electron chi connectivity index (χ0n) is 6.78. The van der Waals surface area contributed by atoms with Crippen LogP contribution in [0.2, 0.25) is 0 Å². The van der Waals surface area contributed by atoms with Gasteiger partial charge >= 0.3 is 75.7 Å². The van der Waals surface area contributed by atoms with Crippen LogP contribution in [0.3, 0.4) is 0 Å². The molecule has 0 unspecified atom stereocenters. The van der Waals surface area contributed by atoms with Crippen LogP contribution in [0.1, 0.15) is 5.56 Å². The molecule has 0 spiro atoms. The van der Waals surface area contributed by atoms with Crippen molar-refractivity contribution >= 4 is 20.8 Å². The molecular formula is C9H11AsN. The van der Waals surface area contributed by atoms with Crippen molar-refractivity contribution in [2.24, 2.45) is 0 Å². The van der Waals surface area contributed by atoms with Gasteiger partial charge < -0.3 is 0 Å². The average Bonchev–Trinajstić information content (AvgIpc) is 2.05. The monoisotopic (exact) mass is 208 g/mol. The third-order valence-corrected chi connectivity index (χ3v) is 2.84. The Kier molecular flexibility index (Phi) is 3.04. The van der Waals surface area contributed by atoms with E-state index in [-0.39, 0.29) is 0 Å². The van der Waals surface area contributed by atoms with Crippen LogP contribution in [-0.4, -0.2) is 39.8 Å². The van der Waals surface area contributed by atoms with Gasteiger partial charge in [0.15, 0.2) is 0 Å². The van der Waals surface area contributed by atoms with Gasteiger partial charge in [-0.15, -0.1) is 0 Å². The number of rotatable bonds is 2. The third-order valence-electron chi connectivity index (χ3n) is 1.46. The molecule has 0 aliphatic rings. The molecule has 0 fully saturated rings. The van der Waals surface area contributed by atoms with Gasteiger partial charge in [0.25, 0.3) is 0 Å². The predicted molar refractivity (Wildman–Crippen MR) is 50.0 cm³/mol. The molecule has 0 N–H and O–H groups in total. The minimum atomic E-state index is 1.23. The molecule has 57 valence electrons. The van der Waals surface area contributed by atoms with Crippen LogP contribution in [0.15, 0.2) is 30.3 Å². The molecule has 11 heavy (non-hydrogen) atoms. The quantitative estimate of drug-likeness (QED) is 0.652. The molecule has 0 saturated carbocycles. The first-order valence-electron chi connectivity index (χ1n) is 3.50. The fourth-order valence-electron chi connectivity index (χ4n) is 0.845. The number of hydrogen-bond acceptors (Lipinski definition) is 1. The predicted octanol–water partition coefficient (Wildman–Crippen LogP) is 0.895. The molecule has 0 bridgehead atoms. The summed E-state index contributed by atoms with van der Waals surface area (Å²) in [5.41, 5.74) is 1.26. The summed E-state index contributed by atoms with van der Waals surface area (Å²) >= 11 is 2.58. The van der Waals surface area contributed by atoms with E-state index in [2.05, 4.69) is 33.4 Å². The van der Waals surface area contributed by atoms with Gasteiger partial charge in [0.2, 0.25) is 0 Å². The molecular weight excluding hydrogens is 197 g/mol. The van der Waals surface area contributed by atoms with Crippen molar-refractivity contribution in [3.05, 3.63) is 35.9 Å². The van der Waals surface area contributed by atoms with Crippen molar-refractivity contribution < 1.29 is 0 Å². The van der Waals surface area contributed by atoms with Gasteiger partial charge in [0, 0.05) is 0 Å². The number of nitrogens with zero attached hydrogens (tertiary/aromatic N) is 1. The van der Waals surface area contributed by atoms with E-state index in [1.165, 1.54) is 9.99 Å². The normalized spacial score (nSPS) is 10.1. The fraction of sp³-hybridized carbons (Fsp3) is 0.222. The number of benzene rings is 1. The summed E-state index contributed by atoms with van der Waals surface area (Å²) in [4.78, 5) is 2.09. The molecule has 2 heteroatoms.